The first-order valence-electron chi connectivity index (χ1n) is 12.1. The van der Waals surface area contributed by atoms with Crippen LogP contribution in [-0.2, 0) is 16.1 Å². The van der Waals surface area contributed by atoms with Crippen LogP contribution in [0.2, 0.25) is 0 Å². The molecule has 1 aromatic carbocycles. The van der Waals surface area contributed by atoms with E-state index in [2.05, 4.69) is 41.4 Å². The van der Waals surface area contributed by atoms with Crippen molar-refractivity contribution in [2.45, 2.75) is 26.9 Å². The van der Waals surface area contributed by atoms with Crippen LogP contribution < -0.4 is 10.6 Å². The number of phenols is 1. The van der Waals surface area contributed by atoms with E-state index in [4.69, 9.17) is 9.47 Å². The van der Waals surface area contributed by atoms with Crippen LogP contribution in [0.3, 0.4) is 0 Å². The van der Waals surface area contributed by atoms with Gasteiger partial charge in [-0.2, -0.15) is 4.98 Å². The average Bonchev–Trinajstić information content (AvgIpc) is 3.11. The van der Waals surface area contributed by atoms with E-state index < -0.39 is 0 Å². The van der Waals surface area contributed by atoms with Gasteiger partial charge in [0.25, 0.3) is 0 Å². The van der Waals surface area contributed by atoms with E-state index >= 15 is 0 Å². The van der Waals surface area contributed by atoms with Gasteiger partial charge in [0.05, 0.1) is 30.9 Å². The Morgan fingerprint density at radius 2 is 1.97 bits per heavy atom. The van der Waals surface area contributed by atoms with Crippen LogP contribution in [0.1, 0.15) is 25.8 Å². The largest absolute Gasteiger partial charge is 0.508 e. The van der Waals surface area contributed by atoms with Crippen molar-refractivity contribution in [1.29, 1.82) is 0 Å². The van der Waals surface area contributed by atoms with Crippen LogP contribution in [0, 0.1) is 0 Å². The fraction of sp³-hybridized carbons (Fsp3) is 0.385. The number of anilines is 3. The van der Waals surface area contributed by atoms with Crippen molar-refractivity contribution in [2.24, 2.45) is 0 Å². The van der Waals surface area contributed by atoms with Gasteiger partial charge in [-0.05, 0) is 58.8 Å². The molecule has 1 aliphatic carbocycles. The molecule has 4 rings (SSSR count). The summed E-state index contributed by atoms with van der Waals surface area (Å²) in [6.07, 6.45) is 8.55. The first kappa shape index (κ1) is 27.8. The Morgan fingerprint density at radius 1 is 1.17 bits per heavy atom. The third-order valence-electron chi connectivity index (χ3n) is 5.33. The molecular weight excluding hydrogens is 529 g/mol. The SMILES string of the molecule is CC.Oc1ccc(Nc2ncc(Br)c(NC3=CCC=C(F)C=C3)n2)cc1COCCN1CCOCC1. The van der Waals surface area contributed by atoms with Crippen molar-refractivity contribution in [3.63, 3.8) is 0 Å². The number of aromatic hydroxyl groups is 1. The van der Waals surface area contributed by atoms with E-state index in [-0.39, 0.29) is 11.6 Å². The lowest BCUT2D eigenvalue weighted by molar-refractivity contribution is 0.0179. The molecule has 0 radical (unpaired) electrons. The molecule has 0 bridgehead atoms. The van der Waals surface area contributed by atoms with E-state index in [0.717, 1.165) is 44.2 Å². The average molecular weight is 562 g/mol. The number of rotatable bonds is 9. The minimum absolute atomic E-state index is 0.170. The predicted octanol–water partition coefficient (Wildman–Crippen LogP) is 5.67. The molecule has 2 aliphatic rings. The lowest BCUT2D eigenvalue weighted by Crippen LogP contribution is -2.38. The number of benzene rings is 1. The monoisotopic (exact) mass is 561 g/mol. The standard InChI is InChI=1S/C24H27BrFN5O3.C2H6/c25-21-15-27-24(30-23(21)28-19-3-1-2-18(26)4-5-19)29-20-6-7-22(32)17(14-20)16-34-13-10-31-8-11-33-12-9-31;1-2/h2-7,14-15,32H,1,8-13,16H2,(H2,27,28,29,30);1-2H3. The summed E-state index contributed by atoms with van der Waals surface area (Å²) in [7, 11) is 0. The molecule has 3 N–H and O–H groups in total. The molecule has 1 aliphatic heterocycles. The molecule has 194 valence electrons. The van der Waals surface area contributed by atoms with E-state index in [1.807, 2.05) is 26.0 Å². The van der Waals surface area contributed by atoms with Crippen molar-refractivity contribution < 1.29 is 19.0 Å². The van der Waals surface area contributed by atoms with Gasteiger partial charge in [-0.3, -0.25) is 4.90 Å². The Bertz CT molecular complexity index is 1090. The van der Waals surface area contributed by atoms with E-state index in [9.17, 15) is 9.50 Å². The lowest BCUT2D eigenvalue weighted by Gasteiger charge is -2.26. The molecule has 0 saturated carbocycles. The lowest BCUT2D eigenvalue weighted by atomic mass is 10.2. The van der Waals surface area contributed by atoms with E-state index in [1.54, 1.807) is 24.4 Å². The summed E-state index contributed by atoms with van der Waals surface area (Å²) < 4.78 is 25.2. The smallest absolute Gasteiger partial charge is 0.229 e. The molecule has 2 aromatic rings. The number of allylic oxidation sites excluding steroid dienone is 5. The van der Waals surface area contributed by atoms with Crippen molar-refractivity contribution in [2.75, 3.05) is 50.1 Å². The summed E-state index contributed by atoms with van der Waals surface area (Å²) >= 11 is 3.45. The second-order valence-electron chi connectivity index (χ2n) is 7.81. The maximum Gasteiger partial charge on any atom is 0.229 e. The quantitative estimate of drug-likeness (QED) is 0.266. The van der Waals surface area contributed by atoms with Crippen LogP contribution in [0.4, 0.5) is 21.8 Å². The molecular formula is C26H33BrFN5O3. The van der Waals surface area contributed by atoms with Gasteiger partial charge in [0.1, 0.15) is 17.4 Å². The molecule has 0 spiro atoms. The Morgan fingerprint density at radius 3 is 2.78 bits per heavy atom. The van der Waals surface area contributed by atoms with Crippen molar-refractivity contribution >= 4 is 33.4 Å². The fourth-order valence-electron chi connectivity index (χ4n) is 3.46. The van der Waals surface area contributed by atoms with Gasteiger partial charge in [-0.15, -0.1) is 0 Å². The normalized spacial score (nSPS) is 15.8. The molecule has 0 amide bonds. The summed E-state index contributed by atoms with van der Waals surface area (Å²) in [5.41, 5.74) is 2.12. The highest BCUT2D eigenvalue weighted by atomic mass is 79.9. The number of halogens is 2. The molecule has 1 saturated heterocycles. The van der Waals surface area contributed by atoms with Crippen molar-refractivity contribution in [3.8, 4) is 5.75 Å². The fourth-order valence-corrected chi connectivity index (χ4v) is 3.75. The van der Waals surface area contributed by atoms with E-state index in [1.165, 1.54) is 12.2 Å². The molecule has 0 atom stereocenters. The van der Waals surface area contributed by atoms with E-state index in [0.29, 0.717) is 41.4 Å². The number of hydrogen-bond donors (Lipinski definition) is 3. The minimum atomic E-state index is -0.273. The molecule has 2 heterocycles. The van der Waals surface area contributed by atoms with Gasteiger partial charge in [0, 0.05) is 42.8 Å². The van der Waals surface area contributed by atoms with Crippen LogP contribution >= 0.6 is 15.9 Å². The Balaban J connectivity index is 0.00000176. The van der Waals surface area contributed by atoms with Crippen LogP contribution in [0.5, 0.6) is 5.75 Å². The van der Waals surface area contributed by atoms with Crippen molar-refractivity contribution in [3.05, 3.63) is 70.3 Å². The summed E-state index contributed by atoms with van der Waals surface area (Å²) in [6, 6.07) is 5.17. The molecule has 36 heavy (non-hydrogen) atoms. The number of morpholine rings is 1. The summed E-state index contributed by atoms with van der Waals surface area (Å²) in [4.78, 5) is 11.1. The van der Waals surface area contributed by atoms with Crippen LogP contribution in [-0.4, -0.2) is 59.4 Å². The van der Waals surface area contributed by atoms with Crippen LogP contribution in [0.15, 0.2) is 64.7 Å². The maximum atomic E-state index is 13.4. The van der Waals surface area contributed by atoms with Gasteiger partial charge in [0.2, 0.25) is 5.95 Å². The third-order valence-corrected chi connectivity index (χ3v) is 5.91. The summed E-state index contributed by atoms with van der Waals surface area (Å²) in [6.45, 7) is 9.05. The Kier molecular flexibility index (Phi) is 11.3. The highest BCUT2D eigenvalue weighted by molar-refractivity contribution is 9.10. The van der Waals surface area contributed by atoms with Gasteiger partial charge >= 0.3 is 0 Å². The topological polar surface area (TPSA) is 91.8 Å². The van der Waals surface area contributed by atoms with Gasteiger partial charge in [-0.25, -0.2) is 9.37 Å². The summed E-state index contributed by atoms with van der Waals surface area (Å²) in [5.74, 6) is 0.813. The molecule has 0 unspecified atom stereocenters. The number of phenolic OH excluding ortho intramolecular Hbond substituents is 1. The first-order chi connectivity index (χ1) is 17.6. The zero-order valence-electron chi connectivity index (χ0n) is 20.6. The second-order valence-corrected chi connectivity index (χ2v) is 8.66. The Labute approximate surface area is 220 Å². The molecule has 1 aromatic heterocycles. The highest BCUT2D eigenvalue weighted by Gasteiger charge is 2.11. The highest BCUT2D eigenvalue weighted by Crippen LogP contribution is 2.27. The zero-order chi connectivity index (χ0) is 25.8. The minimum Gasteiger partial charge on any atom is -0.508 e. The summed E-state index contributed by atoms with van der Waals surface area (Å²) in [5, 5.41) is 16.6. The molecule has 8 nitrogen and oxygen atoms in total. The number of nitrogens with zero attached hydrogens (tertiary/aromatic N) is 3. The Hall–Kier alpha value is -2.79. The van der Waals surface area contributed by atoms with Gasteiger partial charge in [0.15, 0.2) is 0 Å². The van der Waals surface area contributed by atoms with Gasteiger partial charge in [-0.1, -0.05) is 19.9 Å². The number of hydrogen-bond acceptors (Lipinski definition) is 8. The van der Waals surface area contributed by atoms with Crippen LogP contribution in [0.25, 0.3) is 0 Å². The number of ether oxygens (including phenoxy) is 2. The third kappa shape index (κ3) is 8.70. The maximum absolute atomic E-state index is 13.4. The van der Waals surface area contributed by atoms with Gasteiger partial charge < -0.3 is 25.2 Å². The van der Waals surface area contributed by atoms with Crippen molar-refractivity contribution in [1.82, 2.24) is 14.9 Å². The molecule has 10 heteroatoms. The predicted molar refractivity (Wildman–Crippen MR) is 144 cm³/mol. The second kappa shape index (κ2) is 14.7. The zero-order valence-corrected chi connectivity index (χ0v) is 22.2. The molecule has 1 fully saturated rings. The first-order valence-corrected chi connectivity index (χ1v) is 12.9. The number of nitrogens with one attached hydrogen (secondary N) is 2. The number of aromatic nitrogens is 2.